The Labute approximate surface area is 120 Å². The summed E-state index contributed by atoms with van der Waals surface area (Å²) in [5, 5.41) is 8.77. The second kappa shape index (κ2) is 6.44. The molecule has 1 atom stereocenters. The standard InChI is InChI=1S/C11H15BrN2O4S/c1-3-14(8(2)4-11(15)16)19(17,18)10-5-9(12)6-13-7-10/h5-8H,3-4H2,1-2H3,(H,15,16). The lowest BCUT2D eigenvalue weighted by Gasteiger charge is -2.26. The fraction of sp³-hybridized carbons (Fsp3) is 0.455. The van der Waals surface area contributed by atoms with E-state index >= 15 is 0 Å². The number of carboxylic acids is 1. The van der Waals surface area contributed by atoms with Crippen LogP contribution in [0.1, 0.15) is 20.3 Å². The Morgan fingerprint density at radius 1 is 1.53 bits per heavy atom. The molecule has 6 nitrogen and oxygen atoms in total. The van der Waals surface area contributed by atoms with Gasteiger partial charge >= 0.3 is 5.97 Å². The molecule has 0 amide bonds. The maximum atomic E-state index is 12.4. The molecule has 0 aliphatic heterocycles. The van der Waals surface area contributed by atoms with Crippen LogP contribution < -0.4 is 0 Å². The molecule has 0 fully saturated rings. The number of aliphatic carboxylic acids is 1. The number of rotatable bonds is 6. The molecule has 1 aromatic heterocycles. The van der Waals surface area contributed by atoms with E-state index in [-0.39, 0.29) is 17.9 Å². The molecule has 1 N–H and O–H groups in total. The van der Waals surface area contributed by atoms with Gasteiger partial charge in [-0.2, -0.15) is 4.31 Å². The minimum absolute atomic E-state index is 0.0426. The Hall–Kier alpha value is -0.990. The van der Waals surface area contributed by atoms with Crippen molar-refractivity contribution >= 4 is 31.9 Å². The third kappa shape index (κ3) is 3.99. The van der Waals surface area contributed by atoms with Gasteiger partial charge in [0, 0.05) is 29.5 Å². The van der Waals surface area contributed by atoms with E-state index < -0.39 is 22.0 Å². The molecule has 0 aliphatic rings. The first kappa shape index (κ1) is 16.1. The molecule has 1 unspecified atom stereocenters. The van der Waals surface area contributed by atoms with E-state index in [2.05, 4.69) is 20.9 Å². The average molecular weight is 351 g/mol. The maximum absolute atomic E-state index is 12.4. The fourth-order valence-electron chi connectivity index (χ4n) is 1.74. The van der Waals surface area contributed by atoms with Gasteiger partial charge in [-0.15, -0.1) is 0 Å². The highest BCUT2D eigenvalue weighted by Gasteiger charge is 2.29. The van der Waals surface area contributed by atoms with Gasteiger partial charge in [0.05, 0.1) is 6.42 Å². The normalized spacial score (nSPS) is 13.5. The zero-order chi connectivity index (χ0) is 14.6. The number of halogens is 1. The van der Waals surface area contributed by atoms with Gasteiger partial charge in [-0.25, -0.2) is 8.42 Å². The molecule has 1 rings (SSSR count). The van der Waals surface area contributed by atoms with Crippen molar-refractivity contribution in [3.63, 3.8) is 0 Å². The molecule has 0 spiro atoms. The van der Waals surface area contributed by atoms with E-state index in [1.165, 1.54) is 18.5 Å². The van der Waals surface area contributed by atoms with Crippen molar-refractivity contribution in [1.82, 2.24) is 9.29 Å². The molecule has 1 aromatic rings. The van der Waals surface area contributed by atoms with Crippen LogP contribution in [0.2, 0.25) is 0 Å². The zero-order valence-corrected chi connectivity index (χ0v) is 13.0. The van der Waals surface area contributed by atoms with Gasteiger partial charge in [-0.1, -0.05) is 6.92 Å². The van der Waals surface area contributed by atoms with E-state index in [4.69, 9.17) is 5.11 Å². The van der Waals surface area contributed by atoms with E-state index in [9.17, 15) is 13.2 Å². The molecular formula is C11H15BrN2O4S. The Kier molecular flexibility index (Phi) is 5.45. The topological polar surface area (TPSA) is 87.6 Å². The average Bonchev–Trinajstić information content (AvgIpc) is 2.28. The lowest BCUT2D eigenvalue weighted by molar-refractivity contribution is -0.137. The van der Waals surface area contributed by atoms with Gasteiger partial charge in [0.25, 0.3) is 0 Å². The summed E-state index contributed by atoms with van der Waals surface area (Å²) in [4.78, 5) is 14.6. The van der Waals surface area contributed by atoms with Crippen molar-refractivity contribution in [2.24, 2.45) is 0 Å². The largest absolute Gasteiger partial charge is 0.481 e. The molecule has 8 heteroatoms. The number of hydrogen-bond donors (Lipinski definition) is 1. The Morgan fingerprint density at radius 3 is 2.63 bits per heavy atom. The smallest absolute Gasteiger partial charge is 0.304 e. The highest BCUT2D eigenvalue weighted by Crippen LogP contribution is 2.21. The number of sulfonamides is 1. The van der Waals surface area contributed by atoms with Crippen LogP contribution in [0.3, 0.4) is 0 Å². The van der Waals surface area contributed by atoms with Crippen LogP contribution >= 0.6 is 15.9 Å². The molecule has 0 bridgehead atoms. The summed E-state index contributed by atoms with van der Waals surface area (Å²) in [7, 11) is -3.74. The van der Waals surface area contributed by atoms with Crippen LogP contribution in [0.5, 0.6) is 0 Å². The molecule has 0 saturated carbocycles. The lowest BCUT2D eigenvalue weighted by atomic mass is 10.2. The highest BCUT2D eigenvalue weighted by molar-refractivity contribution is 9.10. The van der Waals surface area contributed by atoms with Crippen LogP contribution in [0.15, 0.2) is 27.8 Å². The second-order valence-electron chi connectivity index (χ2n) is 3.99. The van der Waals surface area contributed by atoms with Crippen molar-refractivity contribution in [3.05, 3.63) is 22.9 Å². The van der Waals surface area contributed by atoms with Gasteiger partial charge in [0.2, 0.25) is 10.0 Å². The monoisotopic (exact) mass is 350 g/mol. The SMILES string of the molecule is CCN(C(C)CC(=O)O)S(=O)(=O)c1cncc(Br)c1. The summed E-state index contributed by atoms with van der Waals surface area (Å²) in [5.74, 6) is -1.03. The number of carboxylic acid groups (broad SMARTS) is 1. The summed E-state index contributed by atoms with van der Waals surface area (Å²) in [6.45, 7) is 3.44. The molecule has 0 aliphatic carbocycles. The highest BCUT2D eigenvalue weighted by atomic mass is 79.9. The molecule has 1 heterocycles. The number of pyridine rings is 1. The van der Waals surface area contributed by atoms with E-state index in [1.807, 2.05) is 0 Å². The van der Waals surface area contributed by atoms with Crippen LogP contribution in [0.4, 0.5) is 0 Å². The lowest BCUT2D eigenvalue weighted by Crippen LogP contribution is -2.39. The summed E-state index contributed by atoms with van der Waals surface area (Å²) >= 11 is 3.16. The van der Waals surface area contributed by atoms with Crippen LogP contribution in [0.25, 0.3) is 0 Å². The fourth-order valence-corrected chi connectivity index (χ4v) is 3.89. The van der Waals surface area contributed by atoms with Gasteiger partial charge in [-0.05, 0) is 28.9 Å². The predicted molar refractivity (Wildman–Crippen MR) is 73.2 cm³/mol. The first-order valence-corrected chi connectivity index (χ1v) is 7.86. The van der Waals surface area contributed by atoms with Gasteiger partial charge in [0.1, 0.15) is 4.90 Å². The van der Waals surface area contributed by atoms with Gasteiger partial charge < -0.3 is 5.11 Å². The van der Waals surface area contributed by atoms with Crippen molar-refractivity contribution in [2.75, 3.05) is 6.54 Å². The van der Waals surface area contributed by atoms with Crippen LogP contribution in [0, 0.1) is 0 Å². The van der Waals surface area contributed by atoms with Crippen molar-refractivity contribution in [3.8, 4) is 0 Å². The minimum atomic E-state index is -3.74. The zero-order valence-electron chi connectivity index (χ0n) is 10.6. The minimum Gasteiger partial charge on any atom is -0.481 e. The number of carbonyl (C=O) groups is 1. The Balaban J connectivity index is 3.12. The van der Waals surface area contributed by atoms with E-state index in [0.29, 0.717) is 4.47 Å². The van der Waals surface area contributed by atoms with Crippen molar-refractivity contribution < 1.29 is 18.3 Å². The number of hydrogen-bond acceptors (Lipinski definition) is 4. The van der Waals surface area contributed by atoms with Gasteiger partial charge in [-0.3, -0.25) is 9.78 Å². The third-order valence-corrected chi connectivity index (χ3v) is 5.05. The molecule has 19 heavy (non-hydrogen) atoms. The number of aromatic nitrogens is 1. The quantitative estimate of drug-likeness (QED) is 0.843. The molecule has 0 saturated heterocycles. The molecule has 0 radical (unpaired) electrons. The Morgan fingerprint density at radius 2 is 2.16 bits per heavy atom. The first-order chi connectivity index (χ1) is 8.78. The van der Waals surface area contributed by atoms with Gasteiger partial charge in [0.15, 0.2) is 0 Å². The summed E-state index contributed by atoms with van der Waals surface area (Å²) in [6.07, 6.45) is 2.49. The van der Waals surface area contributed by atoms with Crippen molar-refractivity contribution in [1.29, 1.82) is 0 Å². The molecule has 0 aromatic carbocycles. The summed E-state index contributed by atoms with van der Waals surface area (Å²) in [6, 6.07) is 0.824. The maximum Gasteiger partial charge on any atom is 0.304 e. The van der Waals surface area contributed by atoms with Crippen LogP contribution in [-0.4, -0.2) is 41.4 Å². The van der Waals surface area contributed by atoms with E-state index in [0.717, 1.165) is 4.31 Å². The predicted octanol–water partition coefficient (Wildman–Crippen LogP) is 1.72. The molecule has 106 valence electrons. The van der Waals surface area contributed by atoms with E-state index in [1.54, 1.807) is 13.8 Å². The van der Waals surface area contributed by atoms with Crippen LogP contribution in [-0.2, 0) is 14.8 Å². The number of nitrogens with zero attached hydrogens (tertiary/aromatic N) is 2. The second-order valence-corrected chi connectivity index (χ2v) is 6.80. The Bertz CT molecular complexity index is 562. The third-order valence-electron chi connectivity index (χ3n) is 2.56. The summed E-state index contributed by atoms with van der Waals surface area (Å²) < 4.78 is 26.5. The van der Waals surface area contributed by atoms with Crippen molar-refractivity contribution in [2.45, 2.75) is 31.2 Å². The first-order valence-electron chi connectivity index (χ1n) is 5.63. The summed E-state index contributed by atoms with van der Waals surface area (Å²) in [5.41, 5.74) is 0. The molecular weight excluding hydrogens is 336 g/mol.